The fourth-order valence-electron chi connectivity index (χ4n) is 3.97. The van der Waals surface area contributed by atoms with Crippen LogP contribution in [0.3, 0.4) is 0 Å². The van der Waals surface area contributed by atoms with Crippen LogP contribution in [0.4, 0.5) is 5.82 Å². The molecule has 1 fully saturated rings. The molecule has 4 heterocycles. The predicted molar refractivity (Wildman–Crippen MR) is 132 cm³/mol. The summed E-state index contributed by atoms with van der Waals surface area (Å²) in [6.07, 6.45) is 10.8. The number of hydrogen-bond acceptors (Lipinski definition) is 6. The molecule has 0 aliphatic heterocycles. The Morgan fingerprint density at radius 3 is 2.83 bits per heavy atom. The number of rotatable bonds is 7. The molecule has 1 aromatic carbocycles. The van der Waals surface area contributed by atoms with Crippen molar-refractivity contribution < 1.29 is 9.21 Å². The lowest BCUT2D eigenvalue weighted by Gasteiger charge is -2.11. The number of aromatic nitrogens is 5. The van der Waals surface area contributed by atoms with Crippen LogP contribution in [0, 0.1) is 0 Å². The molecule has 1 aliphatic carbocycles. The summed E-state index contributed by atoms with van der Waals surface area (Å²) < 4.78 is 9.06. The number of anilines is 1. The van der Waals surface area contributed by atoms with Crippen LogP contribution in [-0.4, -0.2) is 36.1 Å². The first kappa shape index (κ1) is 21.4. The van der Waals surface area contributed by atoms with Crippen LogP contribution in [0.2, 0.25) is 5.02 Å². The molecule has 4 aromatic heterocycles. The molecular weight excluding hydrogens is 466 g/mol. The summed E-state index contributed by atoms with van der Waals surface area (Å²) in [5.41, 5.74) is 5.39. The zero-order chi connectivity index (χ0) is 23.9. The largest absolute Gasteiger partial charge is 0.472 e. The van der Waals surface area contributed by atoms with Gasteiger partial charge in [0.2, 0.25) is 0 Å². The van der Waals surface area contributed by atoms with Gasteiger partial charge in [0.1, 0.15) is 0 Å². The third-order valence-electron chi connectivity index (χ3n) is 6.09. The number of halogens is 1. The van der Waals surface area contributed by atoms with Crippen molar-refractivity contribution in [2.75, 3.05) is 5.32 Å². The van der Waals surface area contributed by atoms with E-state index < -0.39 is 0 Å². The Morgan fingerprint density at radius 1 is 1.23 bits per heavy atom. The minimum absolute atomic E-state index is 0.143. The van der Waals surface area contributed by atoms with E-state index >= 15 is 0 Å². The van der Waals surface area contributed by atoms with Gasteiger partial charge in [-0.2, -0.15) is 5.10 Å². The Hall–Kier alpha value is -4.11. The van der Waals surface area contributed by atoms with E-state index in [0.29, 0.717) is 28.6 Å². The Bertz CT molecular complexity index is 1530. The van der Waals surface area contributed by atoms with E-state index in [4.69, 9.17) is 21.0 Å². The summed E-state index contributed by atoms with van der Waals surface area (Å²) in [4.78, 5) is 21.9. The van der Waals surface area contributed by atoms with Crippen molar-refractivity contribution in [3.8, 4) is 22.5 Å². The number of amides is 1. The quantitative estimate of drug-likeness (QED) is 0.349. The molecule has 1 aliphatic rings. The molecule has 35 heavy (non-hydrogen) atoms. The third-order valence-corrected chi connectivity index (χ3v) is 6.40. The van der Waals surface area contributed by atoms with E-state index in [1.807, 2.05) is 40.5 Å². The summed E-state index contributed by atoms with van der Waals surface area (Å²) in [7, 11) is 1.90. The smallest absolute Gasteiger partial charge is 0.253 e. The number of carbonyl (C=O) groups is 1. The molecule has 5 aromatic rings. The lowest BCUT2D eigenvalue weighted by molar-refractivity contribution is 0.0951. The number of fused-ring (bicyclic) bond motifs is 1. The monoisotopic (exact) mass is 487 g/mol. The minimum atomic E-state index is -0.143. The molecule has 0 bridgehead atoms. The molecule has 0 spiro atoms. The lowest BCUT2D eigenvalue weighted by Crippen LogP contribution is -2.25. The van der Waals surface area contributed by atoms with Crippen molar-refractivity contribution in [2.45, 2.75) is 25.4 Å². The van der Waals surface area contributed by atoms with Gasteiger partial charge in [0.25, 0.3) is 5.91 Å². The molecule has 6 rings (SSSR count). The van der Waals surface area contributed by atoms with E-state index in [0.717, 1.165) is 41.1 Å². The highest BCUT2D eigenvalue weighted by Gasteiger charge is 2.25. The van der Waals surface area contributed by atoms with Crippen LogP contribution >= 0.6 is 11.6 Å². The summed E-state index contributed by atoms with van der Waals surface area (Å²) >= 11 is 6.53. The molecule has 9 nitrogen and oxygen atoms in total. The van der Waals surface area contributed by atoms with Crippen molar-refractivity contribution in [3.05, 3.63) is 77.7 Å². The van der Waals surface area contributed by atoms with Crippen molar-refractivity contribution in [2.24, 2.45) is 7.05 Å². The van der Waals surface area contributed by atoms with Gasteiger partial charge in [-0.05, 0) is 37.1 Å². The van der Waals surface area contributed by atoms with Gasteiger partial charge in [-0.25, -0.2) is 9.97 Å². The van der Waals surface area contributed by atoms with Crippen molar-refractivity contribution in [1.29, 1.82) is 0 Å². The number of benzene rings is 1. The molecule has 10 heteroatoms. The van der Waals surface area contributed by atoms with E-state index in [-0.39, 0.29) is 11.9 Å². The molecular formula is C25H22ClN7O2. The highest BCUT2D eigenvalue weighted by atomic mass is 35.5. The maximum absolute atomic E-state index is 12.5. The summed E-state index contributed by atoms with van der Waals surface area (Å²) in [6, 6.07) is 9.52. The third kappa shape index (κ3) is 4.15. The molecule has 2 N–H and O–H groups in total. The fourth-order valence-corrected chi connectivity index (χ4v) is 4.23. The number of carbonyl (C=O) groups excluding carboxylic acids is 1. The van der Waals surface area contributed by atoms with E-state index in [1.165, 1.54) is 0 Å². The van der Waals surface area contributed by atoms with Crippen molar-refractivity contribution in [3.63, 3.8) is 0 Å². The van der Waals surface area contributed by atoms with Crippen LogP contribution in [0.15, 0.2) is 65.9 Å². The molecule has 1 saturated carbocycles. The molecule has 1 amide bonds. The average Bonchev–Trinajstić information content (AvgIpc) is 3.22. The molecule has 0 radical (unpaired) electrons. The Labute approximate surface area is 205 Å². The van der Waals surface area contributed by atoms with Gasteiger partial charge < -0.3 is 15.1 Å². The first-order valence-electron chi connectivity index (χ1n) is 11.3. The van der Waals surface area contributed by atoms with Crippen molar-refractivity contribution in [1.82, 2.24) is 29.5 Å². The molecule has 176 valence electrons. The summed E-state index contributed by atoms with van der Waals surface area (Å²) in [6.45, 7) is 0.535. The van der Waals surface area contributed by atoms with E-state index in [9.17, 15) is 4.79 Å². The predicted octanol–water partition coefficient (Wildman–Crippen LogP) is 4.55. The second-order valence-electron chi connectivity index (χ2n) is 8.57. The Morgan fingerprint density at radius 2 is 2.11 bits per heavy atom. The minimum Gasteiger partial charge on any atom is -0.472 e. The molecule has 0 unspecified atom stereocenters. The van der Waals surface area contributed by atoms with Gasteiger partial charge in [-0.3, -0.25) is 13.9 Å². The van der Waals surface area contributed by atoms with Gasteiger partial charge in [0.05, 0.1) is 52.9 Å². The van der Waals surface area contributed by atoms with Crippen LogP contribution in [0.25, 0.3) is 28.2 Å². The standard InChI is InChI=1S/C25H22ClN7O2/c1-32-18(6-8-29-32)11-27-23-24-28-12-22(33(24)13-21(31-23)16-7-9-35-14-16)15-2-5-19(20(26)10-15)25(34)30-17-3-4-17/h2,5-10,12-14,17H,3-4,11H2,1H3,(H,27,31)(H,30,34). The first-order chi connectivity index (χ1) is 17.1. The van der Waals surface area contributed by atoms with Crippen molar-refractivity contribution >= 4 is 29.0 Å². The Balaban J connectivity index is 1.40. The van der Waals surface area contributed by atoms with Crippen LogP contribution in [-0.2, 0) is 13.6 Å². The topological polar surface area (TPSA) is 102 Å². The number of aryl methyl sites for hydroxylation is 1. The Kier molecular flexibility index (Phi) is 5.26. The number of nitrogens with zero attached hydrogens (tertiary/aromatic N) is 5. The lowest BCUT2D eigenvalue weighted by atomic mass is 10.1. The molecule has 0 saturated heterocycles. The summed E-state index contributed by atoms with van der Waals surface area (Å²) in [5, 5.41) is 11.0. The molecule has 0 atom stereocenters. The van der Waals surface area contributed by atoms with Gasteiger partial charge in [0.15, 0.2) is 11.5 Å². The number of nitrogens with one attached hydrogen (secondary N) is 2. The number of hydrogen-bond donors (Lipinski definition) is 2. The van der Waals surface area contributed by atoms with Gasteiger partial charge >= 0.3 is 0 Å². The zero-order valence-corrected chi connectivity index (χ0v) is 19.7. The number of furan rings is 1. The summed E-state index contributed by atoms with van der Waals surface area (Å²) in [5.74, 6) is 0.484. The average molecular weight is 488 g/mol. The number of imidazole rings is 1. The van der Waals surface area contributed by atoms with Gasteiger partial charge in [0, 0.05) is 36.6 Å². The van der Waals surface area contributed by atoms with E-state index in [1.54, 1.807) is 37.1 Å². The fraction of sp³-hybridized carbons (Fsp3) is 0.200. The highest BCUT2D eigenvalue weighted by molar-refractivity contribution is 6.34. The maximum atomic E-state index is 12.5. The van der Waals surface area contributed by atoms with Gasteiger partial charge in [-0.1, -0.05) is 17.7 Å². The highest BCUT2D eigenvalue weighted by Crippen LogP contribution is 2.31. The van der Waals surface area contributed by atoms with Gasteiger partial charge in [-0.15, -0.1) is 0 Å². The van der Waals surface area contributed by atoms with Crippen LogP contribution < -0.4 is 10.6 Å². The second-order valence-corrected chi connectivity index (χ2v) is 8.97. The second kappa shape index (κ2) is 8.59. The maximum Gasteiger partial charge on any atom is 0.253 e. The normalized spacial score (nSPS) is 13.3. The first-order valence-corrected chi connectivity index (χ1v) is 11.7. The van der Waals surface area contributed by atoms with Crippen LogP contribution in [0.5, 0.6) is 0 Å². The SMILES string of the molecule is Cn1nccc1CNc1nc(-c2ccoc2)cn2c(-c3ccc(C(=O)NC4CC4)c(Cl)c3)cnc12. The van der Waals surface area contributed by atoms with E-state index in [2.05, 4.69) is 20.7 Å². The zero-order valence-electron chi connectivity index (χ0n) is 18.9. The van der Waals surface area contributed by atoms with Crippen LogP contribution in [0.1, 0.15) is 28.9 Å².